The minimum absolute atomic E-state index is 0.0478. The lowest BCUT2D eigenvalue weighted by Gasteiger charge is -2.33. The molecule has 1 aromatic heterocycles. The Morgan fingerprint density at radius 2 is 2.30 bits per heavy atom. The van der Waals surface area contributed by atoms with E-state index in [4.69, 9.17) is 4.74 Å². The standard InChI is InChI=1S/C16H23N3O3S/c1-18(16(21)14-3-2-8-23-14)11-15(20)17-9-13-10-19(6-7-22-13)12-4-5-12/h2-3,8,12-13H,4-7,9-11H2,1H3,(H,17,20). The Morgan fingerprint density at radius 1 is 1.48 bits per heavy atom. The molecule has 0 bridgehead atoms. The molecule has 1 aromatic rings. The van der Waals surface area contributed by atoms with Gasteiger partial charge in [-0.2, -0.15) is 0 Å². The van der Waals surface area contributed by atoms with Crippen molar-refractivity contribution in [3.8, 4) is 0 Å². The average Bonchev–Trinajstić information content (AvgIpc) is 3.27. The third-order valence-electron chi connectivity index (χ3n) is 4.22. The first kappa shape index (κ1) is 16.4. The SMILES string of the molecule is CN(CC(=O)NCC1CN(C2CC2)CCO1)C(=O)c1cccs1. The molecule has 2 amide bonds. The summed E-state index contributed by atoms with van der Waals surface area (Å²) < 4.78 is 5.71. The van der Waals surface area contributed by atoms with Gasteiger partial charge in [-0.25, -0.2) is 0 Å². The fourth-order valence-electron chi connectivity index (χ4n) is 2.80. The van der Waals surface area contributed by atoms with Crippen LogP contribution in [0.1, 0.15) is 22.5 Å². The summed E-state index contributed by atoms with van der Waals surface area (Å²) in [6, 6.07) is 4.33. The van der Waals surface area contributed by atoms with Crippen LogP contribution in [0.5, 0.6) is 0 Å². The molecule has 2 heterocycles. The highest BCUT2D eigenvalue weighted by Crippen LogP contribution is 2.28. The molecule has 126 valence electrons. The monoisotopic (exact) mass is 337 g/mol. The molecule has 7 heteroatoms. The van der Waals surface area contributed by atoms with Crippen molar-refractivity contribution in [2.45, 2.75) is 25.0 Å². The van der Waals surface area contributed by atoms with Crippen LogP contribution in [0.15, 0.2) is 17.5 Å². The van der Waals surface area contributed by atoms with Crippen LogP contribution < -0.4 is 5.32 Å². The molecule has 1 aliphatic heterocycles. The van der Waals surface area contributed by atoms with E-state index < -0.39 is 0 Å². The molecule has 1 aliphatic carbocycles. The van der Waals surface area contributed by atoms with E-state index in [1.165, 1.54) is 29.1 Å². The molecule has 3 rings (SSSR count). The number of nitrogens with one attached hydrogen (secondary N) is 1. The van der Waals surface area contributed by atoms with Crippen LogP contribution in [0, 0.1) is 0 Å². The van der Waals surface area contributed by atoms with Crippen LogP contribution in [0.3, 0.4) is 0 Å². The van der Waals surface area contributed by atoms with Crippen LogP contribution in [0.4, 0.5) is 0 Å². The van der Waals surface area contributed by atoms with Crippen LogP contribution in [-0.2, 0) is 9.53 Å². The van der Waals surface area contributed by atoms with Crippen LogP contribution in [0.25, 0.3) is 0 Å². The summed E-state index contributed by atoms with van der Waals surface area (Å²) in [5.74, 6) is -0.270. The van der Waals surface area contributed by atoms with Crippen molar-refractivity contribution in [3.05, 3.63) is 22.4 Å². The molecule has 23 heavy (non-hydrogen) atoms. The fourth-order valence-corrected chi connectivity index (χ4v) is 3.51. The lowest BCUT2D eigenvalue weighted by atomic mass is 10.2. The summed E-state index contributed by atoms with van der Waals surface area (Å²) in [6.07, 6.45) is 2.62. The predicted octanol–water partition coefficient (Wildman–Crippen LogP) is 0.800. The van der Waals surface area contributed by atoms with Crippen molar-refractivity contribution >= 4 is 23.2 Å². The highest BCUT2D eigenvalue weighted by molar-refractivity contribution is 7.12. The molecular formula is C16H23N3O3S. The number of morpholine rings is 1. The van der Waals surface area contributed by atoms with Crippen molar-refractivity contribution in [1.82, 2.24) is 15.1 Å². The Balaban J connectivity index is 1.39. The number of carbonyl (C=O) groups is 2. The molecule has 1 saturated carbocycles. The molecule has 1 atom stereocenters. The zero-order chi connectivity index (χ0) is 16.2. The Labute approximate surface area is 140 Å². The second kappa shape index (κ2) is 7.42. The molecule has 1 saturated heterocycles. The minimum atomic E-state index is -0.149. The van der Waals surface area contributed by atoms with E-state index in [9.17, 15) is 9.59 Å². The molecular weight excluding hydrogens is 314 g/mol. The maximum atomic E-state index is 12.1. The molecule has 1 unspecified atom stereocenters. The molecule has 2 fully saturated rings. The maximum absolute atomic E-state index is 12.1. The Bertz CT molecular complexity index is 545. The number of nitrogens with zero attached hydrogens (tertiary/aromatic N) is 2. The first-order chi connectivity index (χ1) is 11.1. The van der Waals surface area contributed by atoms with E-state index in [1.54, 1.807) is 13.1 Å². The number of ether oxygens (including phenoxy) is 1. The third-order valence-corrected chi connectivity index (χ3v) is 5.08. The minimum Gasteiger partial charge on any atom is -0.374 e. The summed E-state index contributed by atoms with van der Waals surface area (Å²) in [4.78, 5) is 28.7. The molecule has 0 radical (unpaired) electrons. The average molecular weight is 337 g/mol. The van der Waals surface area contributed by atoms with Crippen LogP contribution in [-0.4, -0.2) is 73.6 Å². The van der Waals surface area contributed by atoms with Gasteiger partial charge in [0.05, 0.1) is 24.1 Å². The lowest BCUT2D eigenvalue weighted by Crippen LogP contribution is -2.49. The van der Waals surface area contributed by atoms with E-state index in [2.05, 4.69) is 10.2 Å². The van der Waals surface area contributed by atoms with Gasteiger partial charge in [0.25, 0.3) is 5.91 Å². The Hall–Kier alpha value is -1.44. The summed E-state index contributed by atoms with van der Waals surface area (Å²) in [5.41, 5.74) is 0. The smallest absolute Gasteiger partial charge is 0.264 e. The van der Waals surface area contributed by atoms with Crippen molar-refractivity contribution in [2.75, 3.05) is 39.8 Å². The van der Waals surface area contributed by atoms with Crippen molar-refractivity contribution in [3.63, 3.8) is 0 Å². The normalized spacial score (nSPS) is 21.9. The Morgan fingerprint density at radius 3 is 3.00 bits per heavy atom. The number of hydrogen-bond donors (Lipinski definition) is 1. The summed E-state index contributed by atoms with van der Waals surface area (Å²) in [7, 11) is 1.65. The van der Waals surface area contributed by atoms with Gasteiger partial charge in [0.15, 0.2) is 0 Å². The number of carbonyl (C=O) groups excluding carboxylic acids is 2. The molecule has 1 N–H and O–H groups in total. The number of likely N-dealkylation sites (N-methyl/N-ethyl adjacent to an activating group) is 1. The van der Waals surface area contributed by atoms with E-state index in [0.717, 1.165) is 25.7 Å². The molecule has 6 nitrogen and oxygen atoms in total. The maximum Gasteiger partial charge on any atom is 0.264 e. The van der Waals surface area contributed by atoms with E-state index in [1.807, 2.05) is 11.4 Å². The van der Waals surface area contributed by atoms with Gasteiger partial charge in [0.1, 0.15) is 0 Å². The largest absolute Gasteiger partial charge is 0.374 e. The quantitative estimate of drug-likeness (QED) is 0.834. The third kappa shape index (κ3) is 4.53. The predicted molar refractivity (Wildman–Crippen MR) is 88.6 cm³/mol. The van der Waals surface area contributed by atoms with E-state index in [0.29, 0.717) is 11.4 Å². The highest BCUT2D eigenvalue weighted by atomic mass is 32.1. The van der Waals surface area contributed by atoms with Crippen molar-refractivity contribution in [1.29, 1.82) is 0 Å². The second-order valence-corrected chi connectivity index (χ2v) is 7.11. The van der Waals surface area contributed by atoms with Gasteiger partial charge in [-0.15, -0.1) is 11.3 Å². The summed E-state index contributed by atoms with van der Waals surface area (Å²) in [6.45, 7) is 3.18. The van der Waals surface area contributed by atoms with Gasteiger partial charge < -0.3 is 15.0 Å². The zero-order valence-corrected chi connectivity index (χ0v) is 14.2. The van der Waals surface area contributed by atoms with Crippen molar-refractivity contribution < 1.29 is 14.3 Å². The van der Waals surface area contributed by atoms with Crippen molar-refractivity contribution in [2.24, 2.45) is 0 Å². The summed E-state index contributed by atoms with van der Waals surface area (Å²) >= 11 is 1.38. The fraction of sp³-hybridized carbons (Fsp3) is 0.625. The molecule has 0 spiro atoms. The van der Waals surface area contributed by atoms with Gasteiger partial charge in [0.2, 0.25) is 5.91 Å². The van der Waals surface area contributed by atoms with Gasteiger partial charge in [-0.3, -0.25) is 14.5 Å². The van der Waals surface area contributed by atoms with Crippen LogP contribution in [0.2, 0.25) is 0 Å². The van der Waals surface area contributed by atoms with Gasteiger partial charge in [-0.1, -0.05) is 6.07 Å². The van der Waals surface area contributed by atoms with E-state index >= 15 is 0 Å². The second-order valence-electron chi connectivity index (χ2n) is 6.16. The Kier molecular flexibility index (Phi) is 5.30. The summed E-state index contributed by atoms with van der Waals surface area (Å²) in [5, 5.41) is 4.74. The number of rotatable bonds is 6. The zero-order valence-electron chi connectivity index (χ0n) is 13.4. The van der Waals surface area contributed by atoms with Crippen LogP contribution >= 0.6 is 11.3 Å². The lowest BCUT2D eigenvalue weighted by molar-refractivity contribution is -0.122. The molecule has 0 aromatic carbocycles. The first-order valence-corrected chi connectivity index (χ1v) is 8.93. The highest BCUT2D eigenvalue weighted by Gasteiger charge is 2.33. The van der Waals surface area contributed by atoms with Gasteiger partial charge in [0, 0.05) is 32.7 Å². The van der Waals surface area contributed by atoms with Gasteiger partial charge >= 0.3 is 0 Å². The van der Waals surface area contributed by atoms with E-state index in [-0.39, 0.29) is 24.5 Å². The molecule has 2 aliphatic rings. The topological polar surface area (TPSA) is 61.9 Å². The number of thiophene rings is 1. The van der Waals surface area contributed by atoms with Gasteiger partial charge in [-0.05, 0) is 24.3 Å². The first-order valence-electron chi connectivity index (χ1n) is 8.05. The number of amides is 2. The number of hydrogen-bond acceptors (Lipinski definition) is 5.